The Morgan fingerprint density at radius 1 is 1.40 bits per heavy atom. The van der Waals surface area contributed by atoms with Crippen LogP contribution in [0.2, 0.25) is 0 Å². The normalized spacial score (nSPS) is 10.2. The number of pyridine rings is 1. The summed E-state index contributed by atoms with van der Waals surface area (Å²) in [6.07, 6.45) is 1.76. The Morgan fingerprint density at radius 3 is 3.07 bits per heavy atom. The first-order valence-electron chi connectivity index (χ1n) is 4.88. The van der Waals surface area contributed by atoms with Crippen molar-refractivity contribution in [2.75, 3.05) is 6.61 Å². The zero-order chi connectivity index (χ0) is 10.7. The number of benzene rings is 1. The Kier molecular flexibility index (Phi) is 2.63. The molecule has 1 aromatic carbocycles. The highest BCUT2D eigenvalue weighted by atomic mass is 16.5. The van der Waals surface area contributed by atoms with E-state index >= 15 is 0 Å². The molecule has 1 aromatic heterocycles. The fourth-order valence-electron chi connectivity index (χ4n) is 1.44. The summed E-state index contributed by atoms with van der Waals surface area (Å²) in [5.41, 5.74) is 1.72. The van der Waals surface area contributed by atoms with Crippen LogP contribution in [-0.4, -0.2) is 17.5 Å². The molecule has 0 amide bonds. The standard InChI is InChI=1S/C12H12N2O/c1-2-15-12(13)10-5-6-11-9(8-10)4-3-7-14-11/h3-8,13H,2H2,1H3. The SMILES string of the molecule is CCOC(=N)c1ccc2ncccc2c1. The van der Waals surface area contributed by atoms with Gasteiger partial charge < -0.3 is 4.74 Å². The lowest BCUT2D eigenvalue weighted by atomic mass is 10.1. The molecule has 76 valence electrons. The minimum absolute atomic E-state index is 0.211. The molecule has 1 N–H and O–H groups in total. The molecule has 1 heterocycles. The Balaban J connectivity index is 2.42. The van der Waals surface area contributed by atoms with E-state index < -0.39 is 0 Å². The first kappa shape index (κ1) is 9.65. The summed E-state index contributed by atoms with van der Waals surface area (Å²) in [6, 6.07) is 9.54. The molecule has 0 bridgehead atoms. The molecule has 0 saturated carbocycles. The van der Waals surface area contributed by atoms with Gasteiger partial charge in [-0.05, 0) is 31.2 Å². The molecule has 3 nitrogen and oxygen atoms in total. The number of fused-ring (bicyclic) bond motifs is 1. The van der Waals surface area contributed by atoms with Crippen molar-refractivity contribution < 1.29 is 4.74 Å². The first-order valence-corrected chi connectivity index (χ1v) is 4.88. The fraction of sp³-hybridized carbons (Fsp3) is 0.167. The van der Waals surface area contributed by atoms with Crippen molar-refractivity contribution in [3.8, 4) is 0 Å². The van der Waals surface area contributed by atoms with E-state index in [9.17, 15) is 0 Å². The van der Waals surface area contributed by atoms with Crippen LogP contribution in [0.25, 0.3) is 10.9 Å². The van der Waals surface area contributed by atoms with E-state index in [4.69, 9.17) is 10.1 Å². The zero-order valence-corrected chi connectivity index (χ0v) is 8.53. The van der Waals surface area contributed by atoms with Gasteiger partial charge in [-0.1, -0.05) is 6.07 Å². The van der Waals surface area contributed by atoms with Gasteiger partial charge in [0, 0.05) is 17.1 Å². The number of aromatic nitrogens is 1. The topological polar surface area (TPSA) is 46.0 Å². The summed E-state index contributed by atoms with van der Waals surface area (Å²) in [6.45, 7) is 2.39. The van der Waals surface area contributed by atoms with Gasteiger partial charge in [0.1, 0.15) is 0 Å². The van der Waals surface area contributed by atoms with Crippen LogP contribution in [0.3, 0.4) is 0 Å². The maximum absolute atomic E-state index is 7.66. The van der Waals surface area contributed by atoms with Crippen molar-refractivity contribution in [3.63, 3.8) is 0 Å². The van der Waals surface area contributed by atoms with E-state index in [1.807, 2.05) is 37.3 Å². The highest BCUT2D eigenvalue weighted by Crippen LogP contribution is 2.13. The summed E-state index contributed by atoms with van der Waals surface area (Å²) in [7, 11) is 0. The van der Waals surface area contributed by atoms with E-state index in [1.165, 1.54) is 0 Å². The van der Waals surface area contributed by atoms with Gasteiger partial charge in [-0.25, -0.2) is 0 Å². The second-order valence-electron chi connectivity index (χ2n) is 3.17. The van der Waals surface area contributed by atoms with Gasteiger partial charge in [-0.3, -0.25) is 10.4 Å². The molecule has 0 atom stereocenters. The van der Waals surface area contributed by atoms with Crippen molar-refractivity contribution in [2.24, 2.45) is 0 Å². The molecule has 0 spiro atoms. The monoisotopic (exact) mass is 200 g/mol. The van der Waals surface area contributed by atoms with Crippen molar-refractivity contribution in [1.82, 2.24) is 4.98 Å². The smallest absolute Gasteiger partial charge is 0.213 e. The van der Waals surface area contributed by atoms with Gasteiger partial charge in [0.2, 0.25) is 5.90 Å². The van der Waals surface area contributed by atoms with Crippen LogP contribution in [0.1, 0.15) is 12.5 Å². The molecule has 0 fully saturated rings. The van der Waals surface area contributed by atoms with E-state index in [-0.39, 0.29) is 5.90 Å². The van der Waals surface area contributed by atoms with Gasteiger partial charge in [-0.2, -0.15) is 0 Å². The molecule has 0 aliphatic heterocycles. The summed E-state index contributed by atoms with van der Waals surface area (Å²) in [5, 5.41) is 8.69. The molecule has 0 aliphatic carbocycles. The minimum Gasteiger partial charge on any atom is -0.478 e. The van der Waals surface area contributed by atoms with Gasteiger partial charge in [-0.15, -0.1) is 0 Å². The van der Waals surface area contributed by atoms with Crippen LogP contribution in [-0.2, 0) is 4.74 Å². The molecule has 15 heavy (non-hydrogen) atoms. The van der Waals surface area contributed by atoms with E-state index in [2.05, 4.69) is 4.98 Å². The van der Waals surface area contributed by atoms with E-state index in [0.717, 1.165) is 16.5 Å². The number of hydrogen-bond donors (Lipinski definition) is 1. The van der Waals surface area contributed by atoms with Gasteiger partial charge in [0.15, 0.2) is 0 Å². The molecule has 0 unspecified atom stereocenters. The fourth-order valence-corrected chi connectivity index (χ4v) is 1.44. The Morgan fingerprint density at radius 2 is 2.27 bits per heavy atom. The third kappa shape index (κ3) is 1.96. The van der Waals surface area contributed by atoms with E-state index in [0.29, 0.717) is 6.61 Å². The zero-order valence-electron chi connectivity index (χ0n) is 8.53. The lowest BCUT2D eigenvalue weighted by Gasteiger charge is -2.05. The lowest BCUT2D eigenvalue weighted by Crippen LogP contribution is -2.04. The van der Waals surface area contributed by atoms with Crippen molar-refractivity contribution in [2.45, 2.75) is 6.92 Å². The summed E-state index contributed by atoms with van der Waals surface area (Å²) < 4.78 is 5.14. The van der Waals surface area contributed by atoms with Crippen LogP contribution in [0.4, 0.5) is 0 Å². The Labute approximate surface area is 88.2 Å². The molecule has 0 aliphatic rings. The maximum Gasteiger partial charge on any atom is 0.213 e. The average molecular weight is 200 g/mol. The Bertz CT molecular complexity index is 494. The molecule has 2 aromatic rings. The molecule has 3 heteroatoms. The first-order chi connectivity index (χ1) is 7.31. The summed E-state index contributed by atoms with van der Waals surface area (Å²) >= 11 is 0. The average Bonchev–Trinajstić information content (AvgIpc) is 2.29. The Hall–Kier alpha value is -1.90. The molecular weight excluding hydrogens is 188 g/mol. The number of nitrogens with zero attached hydrogens (tertiary/aromatic N) is 1. The van der Waals surface area contributed by atoms with E-state index in [1.54, 1.807) is 6.20 Å². The van der Waals surface area contributed by atoms with Crippen molar-refractivity contribution in [1.29, 1.82) is 5.41 Å². The van der Waals surface area contributed by atoms with Gasteiger partial charge in [0.05, 0.1) is 12.1 Å². The molecular formula is C12H12N2O. The van der Waals surface area contributed by atoms with Crippen molar-refractivity contribution >= 4 is 16.8 Å². The minimum atomic E-state index is 0.211. The van der Waals surface area contributed by atoms with Gasteiger partial charge in [0.25, 0.3) is 0 Å². The molecule has 0 radical (unpaired) electrons. The quantitative estimate of drug-likeness (QED) is 0.598. The molecule has 2 rings (SSSR count). The largest absolute Gasteiger partial charge is 0.478 e. The highest BCUT2D eigenvalue weighted by molar-refractivity contribution is 5.95. The number of hydrogen-bond acceptors (Lipinski definition) is 3. The second kappa shape index (κ2) is 4.09. The summed E-state index contributed by atoms with van der Waals surface area (Å²) in [4.78, 5) is 4.22. The van der Waals surface area contributed by atoms with Crippen LogP contribution in [0.5, 0.6) is 0 Å². The molecule has 0 saturated heterocycles. The van der Waals surface area contributed by atoms with Gasteiger partial charge >= 0.3 is 0 Å². The predicted octanol–water partition coefficient (Wildman–Crippen LogP) is 2.60. The lowest BCUT2D eigenvalue weighted by molar-refractivity contribution is 0.325. The van der Waals surface area contributed by atoms with Crippen LogP contribution >= 0.6 is 0 Å². The number of ether oxygens (including phenoxy) is 1. The van der Waals surface area contributed by atoms with Crippen LogP contribution in [0, 0.1) is 5.41 Å². The predicted molar refractivity (Wildman–Crippen MR) is 60.2 cm³/mol. The third-order valence-corrected chi connectivity index (χ3v) is 2.15. The number of rotatable bonds is 2. The van der Waals surface area contributed by atoms with Crippen LogP contribution in [0.15, 0.2) is 36.5 Å². The summed E-state index contributed by atoms with van der Waals surface area (Å²) in [5.74, 6) is 0.211. The van der Waals surface area contributed by atoms with Crippen molar-refractivity contribution in [3.05, 3.63) is 42.1 Å². The number of nitrogens with one attached hydrogen (secondary N) is 1. The van der Waals surface area contributed by atoms with Crippen LogP contribution < -0.4 is 0 Å². The third-order valence-electron chi connectivity index (χ3n) is 2.15. The maximum atomic E-state index is 7.66. The second-order valence-corrected chi connectivity index (χ2v) is 3.17. The highest BCUT2D eigenvalue weighted by Gasteiger charge is 2.02.